The molecule has 0 aromatic heterocycles. The highest BCUT2D eigenvalue weighted by atomic mass is 35.5. The standard InChI is InChI=1S/C27H28ClN3O2/c1-19-5-2-6-20(15-19)17-29-26(32)22-8-3-7-21(16-22)23-9-4-14-31(18-23)27(33)30-25-12-10-24(28)11-13-25/h2-3,5-8,10-13,15-16,23H,4,9,14,17-18H2,1H3,(H,29,32)(H,30,33). The van der Waals surface area contributed by atoms with E-state index < -0.39 is 0 Å². The summed E-state index contributed by atoms with van der Waals surface area (Å²) < 4.78 is 0. The molecule has 1 saturated heterocycles. The van der Waals surface area contributed by atoms with Crippen LogP contribution in [0.25, 0.3) is 0 Å². The van der Waals surface area contributed by atoms with Gasteiger partial charge in [-0.15, -0.1) is 0 Å². The molecule has 0 aliphatic carbocycles. The Kier molecular flexibility index (Phi) is 7.30. The van der Waals surface area contributed by atoms with Gasteiger partial charge in [-0.1, -0.05) is 53.6 Å². The third kappa shape index (κ3) is 6.14. The second-order valence-electron chi connectivity index (χ2n) is 8.52. The maximum Gasteiger partial charge on any atom is 0.321 e. The van der Waals surface area contributed by atoms with Gasteiger partial charge in [-0.25, -0.2) is 4.79 Å². The first-order valence-electron chi connectivity index (χ1n) is 11.2. The van der Waals surface area contributed by atoms with Crippen LogP contribution in [0.1, 0.15) is 45.8 Å². The van der Waals surface area contributed by atoms with Gasteiger partial charge in [-0.2, -0.15) is 0 Å². The van der Waals surface area contributed by atoms with Gasteiger partial charge in [0.15, 0.2) is 0 Å². The molecule has 5 nitrogen and oxygen atoms in total. The summed E-state index contributed by atoms with van der Waals surface area (Å²) in [5, 5.41) is 6.58. The molecule has 33 heavy (non-hydrogen) atoms. The van der Waals surface area contributed by atoms with Crippen molar-refractivity contribution in [3.63, 3.8) is 0 Å². The molecule has 6 heteroatoms. The Morgan fingerprint density at radius 3 is 2.61 bits per heavy atom. The van der Waals surface area contributed by atoms with Gasteiger partial charge in [0.05, 0.1) is 0 Å². The number of benzene rings is 3. The number of carbonyl (C=O) groups excluding carboxylic acids is 2. The number of nitrogens with one attached hydrogen (secondary N) is 2. The second kappa shape index (κ2) is 10.5. The van der Waals surface area contributed by atoms with Gasteiger partial charge < -0.3 is 15.5 Å². The third-order valence-corrected chi connectivity index (χ3v) is 6.21. The molecule has 1 fully saturated rings. The number of amides is 3. The van der Waals surface area contributed by atoms with Crippen LogP contribution in [0.2, 0.25) is 5.02 Å². The Balaban J connectivity index is 1.38. The van der Waals surface area contributed by atoms with Crippen LogP contribution in [0.4, 0.5) is 10.5 Å². The smallest absolute Gasteiger partial charge is 0.321 e. The minimum Gasteiger partial charge on any atom is -0.348 e. The SMILES string of the molecule is Cc1cccc(CNC(=O)c2cccc(C3CCCN(C(=O)Nc4ccc(Cl)cc4)C3)c2)c1. The average Bonchev–Trinajstić information content (AvgIpc) is 2.84. The number of likely N-dealkylation sites (tertiary alicyclic amines) is 1. The normalized spacial score (nSPS) is 15.7. The van der Waals surface area contributed by atoms with Crippen LogP contribution in [0.15, 0.2) is 72.8 Å². The number of nitrogens with zero attached hydrogens (tertiary/aromatic N) is 1. The summed E-state index contributed by atoms with van der Waals surface area (Å²) in [5.41, 5.74) is 4.70. The van der Waals surface area contributed by atoms with E-state index in [1.165, 1.54) is 5.56 Å². The van der Waals surface area contributed by atoms with Crippen molar-refractivity contribution >= 4 is 29.2 Å². The molecule has 1 unspecified atom stereocenters. The van der Waals surface area contributed by atoms with Crippen molar-refractivity contribution in [3.8, 4) is 0 Å². The summed E-state index contributed by atoms with van der Waals surface area (Å²) in [6, 6.07) is 22.9. The van der Waals surface area contributed by atoms with Gasteiger partial charge in [0.25, 0.3) is 5.91 Å². The van der Waals surface area contributed by atoms with Crippen LogP contribution in [0, 0.1) is 6.92 Å². The Morgan fingerprint density at radius 1 is 1.03 bits per heavy atom. The minimum absolute atomic E-state index is 0.0912. The quantitative estimate of drug-likeness (QED) is 0.490. The molecule has 170 valence electrons. The fourth-order valence-corrected chi connectivity index (χ4v) is 4.34. The lowest BCUT2D eigenvalue weighted by Crippen LogP contribution is -2.41. The van der Waals surface area contributed by atoms with Gasteiger partial charge in [0.1, 0.15) is 0 Å². The van der Waals surface area contributed by atoms with Crippen molar-refractivity contribution < 1.29 is 9.59 Å². The lowest BCUT2D eigenvalue weighted by molar-refractivity contribution is 0.0950. The monoisotopic (exact) mass is 461 g/mol. The van der Waals surface area contributed by atoms with Crippen LogP contribution < -0.4 is 10.6 Å². The van der Waals surface area contributed by atoms with E-state index in [4.69, 9.17) is 11.6 Å². The molecule has 1 atom stereocenters. The zero-order valence-electron chi connectivity index (χ0n) is 18.7. The van der Waals surface area contributed by atoms with E-state index in [0.717, 1.165) is 29.7 Å². The first-order valence-corrected chi connectivity index (χ1v) is 11.6. The number of piperidine rings is 1. The molecular formula is C27H28ClN3O2. The summed E-state index contributed by atoms with van der Waals surface area (Å²) in [5.74, 6) is 0.103. The highest BCUT2D eigenvalue weighted by molar-refractivity contribution is 6.30. The number of aryl methyl sites for hydroxylation is 1. The van der Waals surface area contributed by atoms with Gasteiger partial charge in [0, 0.05) is 41.8 Å². The molecule has 0 bridgehead atoms. The molecule has 0 saturated carbocycles. The minimum atomic E-state index is -0.117. The molecule has 3 amide bonds. The van der Waals surface area contributed by atoms with E-state index in [2.05, 4.69) is 16.7 Å². The van der Waals surface area contributed by atoms with Crippen molar-refractivity contribution in [2.75, 3.05) is 18.4 Å². The van der Waals surface area contributed by atoms with Crippen molar-refractivity contribution in [2.45, 2.75) is 32.2 Å². The molecule has 2 N–H and O–H groups in total. The molecule has 0 radical (unpaired) electrons. The summed E-state index contributed by atoms with van der Waals surface area (Å²) in [7, 11) is 0. The van der Waals surface area contributed by atoms with Crippen molar-refractivity contribution in [3.05, 3.63) is 100 Å². The maximum atomic E-state index is 12.8. The molecule has 1 aliphatic rings. The lowest BCUT2D eigenvalue weighted by atomic mass is 9.89. The number of anilines is 1. The molecular weight excluding hydrogens is 434 g/mol. The largest absolute Gasteiger partial charge is 0.348 e. The van der Waals surface area contributed by atoms with Gasteiger partial charge >= 0.3 is 6.03 Å². The predicted octanol–water partition coefficient (Wildman–Crippen LogP) is 5.99. The summed E-state index contributed by atoms with van der Waals surface area (Å²) in [4.78, 5) is 27.3. The lowest BCUT2D eigenvalue weighted by Gasteiger charge is -2.33. The number of urea groups is 1. The fourth-order valence-electron chi connectivity index (χ4n) is 4.21. The summed E-state index contributed by atoms with van der Waals surface area (Å²) in [6.07, 6.45) is 1.90. The average molecular weight is 462 g/mol. The van der Waals surface area contributed by atoms with Crippen molar-refractivity contribution in [2.24, 2.45) is 0 Å². The number of halogens is 1. The number of rotatable bonds is 5. The van der Waals surface area contributed by atoms with Crippen LogP contribution >= 0.6 is 11.6 Å². The first-order chi connectivity index (χ1) is 16.0. The zero-order valence-corrected chi connectivity index (χ0v) is 19.4. The Hall–Kier alpha value is -3.31. The molecule has 1 aliphatic heterocycles. The molecule has 1 heterocycles. The molecule has 4 rings (SSSR count). The molecule has 3 aromatic carbocycles. The number of carbonyl (C=O) groups is 2. The van der Waals surface area contributed by atoms with E-state index in [0.29, 0.717) is 30.2 Å². The van der Waals surface area contributed by atoms with Crippen LogP contribution in [-0.4, -0.2) is 29.9 Å². The zero-order chi connectivity index (χ0) is 23.2. The highest BCUT2D eigenvalue weighted by Gasteiger charge is 2.25. The third-order valence-electron chi connectivity index (χ3n) is 5.96. The second-order valence-corrected chi connectivity index (χ2v) is 8.96. The van der Waals surface area contributed by atoms with E-state index in [9.17, 15) is 9.59 Å². The van der Waals surface area contributed by atoms with Crippen LogP contribution in [0.5, 0.6) is 0 Å². The van der Waals surface area contributed by atoms with E-state index >= 15 is 0 Å². The predicted molar refractivity (Wildman–Crippen MR) is 133 cm³/mol. The van der Waals surface area contributed by atoms with Crippen molar-refractivity contribution in [1.29, 1.82) is 0 Å². The van der Waals surface area contributed by atoms with Crippen LogP contribution in [-0.2, 0) is 6.54 Å². The van der Waals surface area contributed by atoms with Gasteiger partial charge in [-0.05, 0) is 67.3 Å². The van der Waals surface area contributed by atoms with Crippen molar-refractivity contribution in [1.82, 2.24) is 10.2 Å². The Bertz CT molecular complexity index is 1130. The Labute approximate surface area is 199 Å². The van der Waals surface area contributed by atoms with E-state index in [1.54, 1.807) is 24.3 Å². The summed E-state index contributed by atoms with van der Waals surface area (Å²) in [6.45, 7) is 3.87. The first kappa shape index (κ1) is 22.9. The van der Waals surface area contributed by atoms with Gasteiger partial charge in [0.2, 0.25) is 0 Å². The topological polar surface area (TPSA) is 61.4 Å². The van der Waals surface area contributed by atoms with Crippen LogP contribution in [0.3, 0.4) is 0 Å². The summed E-state index contributed by atoms with van der Waals surface area (Å²) >= 11 is 5.92. The van der Waals surface area contributed by atoms with E-state index in [1.807, 2.05) is 54.3 Å². The number of hydrogen-bond donors (Lipinski definition) is 2. The molecule has 3 aromatic rings. The fraction of sp³-hybridized carbons (Fsp3) is 0.259. The van der Waals surface area contributed by atoms with E-state index in [-0.39, 0.29) is 17.9 Å². The Morgan fingerprint density at radius 2 is 1.82 bits per heavy atom. The highest BCUT2D eigenvalue weighted by Crippen LogP contribution is 2.28. The maximum absolute atomic E-state index is 12.8. The molecule has 0 spiro atoms. The number of hydrogen-bond acceptors (Lipinski definition) is 2. The van der Waals surface area contributed by atoms with Gasteiger partial charge in [-0.3, -0.25) is 4.79 Å².